The molecule has 2 unspecified atom stereocenters. The molecule has 7 nitrogen and oxygen atoms in total. The van der Waals surface area contributed by atoms with Gasteiger partial charge in [-0.25, -0.2) is 4.98 Å². The lowest BCUT2D eigenvalue weighted by Crippen LogP contribution is -2.31. The number of ether oxygens (including phenoxy) is 3. The molecule has 1 N–H and O–H groups in total. The zero-order valence-corrected chi connectivity index (χ0v) is 18.4. The Labute approximate surface area is 172 Å². The number of aryl methyl sites for hydroxylation is 1. The van der Waals surface area contributed by atoms with E-state index in [1.54, 1.807) is 14.2 Å². The summed E-state index contributed by atoms with van der Waals surface area (Å²) in [6.45, 7) is 7.87. The van der Waals surface area contributed by atoms with Crippen LogP contribution in [0.5, 0.6) is 5.75 Å². The Bertz CT molecular complexity index is 822. The summed E-state index contributed by atoms with van der Waals surface area (Å²) < 4.78 is 15.1. The van der Waals surface area contributed by atoms with E-state index in [2.05, 4.69) is 15.0 Å². The maximum atomic E-state index is 12.2. The van der Waals surface area contributed by atoms with E-state index in [4.69, 9.17) is 9.47 Å². The van der Waals surface area contributed by atoms with Gasteiger partial charge in [-0.05, 0) is 19.9 Å². The highest BCUT2D eigenvalue weighted by Gasteiger charge is 2.32. The van der Waals surface area contributed by atoms with E-state index in [9.17, 15) is 9.59 Å². The van der Waals surface area contributed by atoms with Gasteiger partial charge in [0, 0.05) is 32.6 Å². The van der Waals surface area contributed by atoms with Crippen molar-refractivity contribution in [1.29, 1.82) is 0 Å². The molecule has 1 saturated heterocycles. The van der Waals surface area contributed by atoms with Crippen LogP contribution in [0, 0.1) is 6.92 Å². The molecule has 0 spiro atoms. The second-order valence-electron chi connectivity index (χ2n) is 6.34. The van der Waals surface area contributed by atoms with E-state index in [0.29, 0.717) is 30.0 Å². The van der Waals surface area contributed by atoms with Crippen molar-refractivity contribution in [3.05, 3.63) is 35.5 Å². The van der Waals surface area contributed by atoms with Crippen LogP contribution in [-0.2, 0) is 14.3 Å². The number of esters is 1. The number of carbonyl (C=O) groups excluding carboxylic acids is 2. The summed E-state index contributed by atoms with van der Waals surface area (Å²) in [6.07, 6.45) is 0.282. The average Bonchev–Trinajstić information content (AvgIpc) is 3.18. The summed E-state index contributed by atoms with van der Waals surface area (Å²) in [7, 11) is 4.61. The second kappa shape index (κ2) is 12.1. The van der Waals surface area contributed by atoms with Gasteiger partial charge >= 0.3 is 5.97 Å². The molecule has 0 aliphatic carbocycles. The molecule has 1 aromatic heterocycles. The fraction of sp³-hybridized carbons (Fsp3) is 0.500. The first-order chi connectivity index (χ1) is 13.9. The fourth-order valence-electron chi connectivity index (χ4n) is 3.09. The number of Topliss-reactive ketones (excluding diaryl/α,β-unsaturated/α-hetero) is 1. The predicted molar refractivity (Wildman–Crippen MR) is 114 cm³/mol. The number of nitrogens with zero attached hydrogens (tertiary/aromatic N) is 1. The van der Waals surface area contributed by atoms with E-state index in [-0.39, 0.29) is 23.9 Å². The zero-order chi connectivity index (χ0) is 22.0. The van der Waals surface area contributed by atoms with Crippen molar-refractivity contribution < 1.29 is 23.8 Å². The number of nitrogens with one attached hydrogen (secondary N) is 1. The molecule has 1 aromatic carbocycles. The topological polar surface area (TPSA) is 86.8 Å². The number of hydrogen-bond donors (Lipinski definition) is 1. The van der Waals surface area contributed by atoms with Crippen LogP contribution in [0.3, 0.4) is 0 Å². The van der Waals surface area contributed by atoms with Crippen molar-refractivity contribution in [3.8, 4) is 5.75 Å². The maximum Gasteiger partial charge on any atom is 0.323 e. The third-order valence-electron chi connectivity index (χ3n) is 4.23. The molecule has 3 rings (SSSR count). The van der Waals surface area contributed by atoms with Crippen molar-refractivity contribution in [1.82, 2.24) is 10.3 Å². The summed E-state index contributed by atoms with van der Waals surface area (Å²) >= 11 is 0. The summed E-state index contributed by atoms with van der Waals surface area (Å²) in [5.41, 5.74) is 1.98. The number of para-hydroxylation sites is 1. The highest BCUT2D eigenvalue weighted by molar-refractivity contribution is 6.08. The lowest BCUT2D eigenvalue weighted by Gasteiger charge is -2.18. The zero-order valence-electron chi connectivity index (χ0n) is 18.4. The summed E-state index contributed by atoms with van der Waals surface area (Å²) in [4.78, 5) is 28.4. The Morgan fingerprint density at radius 1 is 1.14 bits per heavy atom. The minimum Gasteiger partial charge on any atom is -0.486 e. The Kier molecular flexibility index (Phi) is 10.3. The van der Waals surface area contributed by atoms with Crippen molar-refractivity contribution in [3.63, 3.8) is 0 Å². The summed E-state index contributed by atoms with van der Waals surface area (Å²) in [5, 5.41) is 3.86. The van der Waals surface area contributed by atoms with Gasteiger partial charge in [0.05, 0.1) is 23.9 Å². The van der Waals surface area contributed by atoms with Crippen LogP contribution in [0.2, 0.25) is 0 Å². The van der Waals surface area contributed by atoms with Crippen molar-refractivity contribution in [2.75, 3.05) is 27.9 Å². The van der Waals surface area contributed by atoms with Gasteiger partial charge in [-0.2, -0.15) is 0 Å². The van der Waals surface area contributed by atoms with Gasteiger partial charge in [0.2, 0.25) is 0 Å². The third kappa shape index (κ3) is 6.24. The highest BCUT2D eigenvalue weighted by atomic mass is 16.5. The number of methoxy groups -OCH3 is 2. The number of ketones is 1. The molecule has 2 atom stereocenters. The molecule has 160 valence electrons. The predicted octanol–water partition coefficient (Wildman–Crippen LogP) is 3.32. The number of rotatable bonds is 4. The lowest BCUT2D eigenvalue weighted by atomic mass is 10.0. The maximum absolute atomic E-state index is 12.2. The van der Waals surface area contributed by atoms with Gasteiger partial charge in [-0.3, -0.25) is 9.59 Å². The molecule has 0 radical (unpaired) electrons. The van der Waals surface area contributed by atoms with Gasteiger partial charge < -0.3 is 19.5 Å². The number of aromatic nitrogens is 1. The standard InChI is InChI=1S/C18H20N2O4.C2H6O.C2H6/c1-10-17(24-12-8-15(19-9-12)18(22)23-3)16(11(2)21)13-6-4-5-7-14(13)20-10;1-3-2;1-2/h4-7,12,15,19H,8-9H2,1-3H3;1-2H3;1-2H3. The van der Waals surface area contributed by atoms with Gasteiger partial charge in [-0.15, -0.1) is 0 Å². The number of pyridine rings is 1. The Balaban J connectivity index is 0.000000771. The molecule has 0 bridgehead atoms. The minimum atomic E-state index is -0.380. The van der Waals surface area contributed by atoms with E-state index < -0.39 is 0 Å². The molecule has 2 aromatic rings. The van der Waals surface area contributed by atoms with E-state index in [1.807, 2.05) is 45.0 Å². The van der Waals surface area contributed by atoms with Crippen LogP contribution in [0.25, 0.3) is 10.9 Å². The number of carbonyl (C=O) groups is 2. The Morgan fingerprint density at radius 2 is 1.76 bits per heavy atom. The van der Waals surface area contributed by atoms with Crippen LogP contribution in [0.1, 0.15) is 43.2 Å². The summed E-state index contributed by atoms with van der Waals surface area (Å²) in [6, 6.07) is 7.13. The minimum absolute atomic E-state index is 0.0674. The quantitative estimate of drug-likeness (QED) is 0.618. The van der Waals surface area contributed by atoms with Crippen LogP contribution in [0.15, 0.2) is 24.3 Å². The third-order valence-corrected chi connectivity index (χ3v) is 4.23. The van der Waals surface area contributed by atoms with Gasteiger partial charge in [0.1, 0.15) is 12.1 Å². The highest BCUT2D eigenvalue weighted by Crippen LogP contribution is 2.32. The monoisotopic (exact) mass is 404 g/mol. The molecule has 1 fully saturated rings. The van der Waals surface area contributed by atoms with Gasteiger partial charge in [0.15, 0.2) is 11.5 Å². The van der Waals surface area contributed by atoms with Crippen molar-refractivity contribution in [2.24, 2.45) is 0 Å². The molecule has 29 heavy (non-hydrogen) atoms. The first-order valence-corrected chi connectivity index (χ1v) is 9.71. The van der Waals surface area contributed by atoms with Crippen LogP contribution >= 0.6 is 0 Å². The van der Waals surface area contributed by atoms with Crippen molar-refractivity contribution in [2.45, 2.75) is 46.3 Å². The van der Waals surface area contributed by atoms with Gasteiger partial charge in [0.25, 0.3) is 0 Å². The smallest absolute Gasteiger partial charge is 0.323 e. The SMILES string of the molecule is CC.COC.COC(=O)C1CC(Oc2c(C)nc3ccccc3c2C(C)=O)CN1. The molecule has 2 heterocycles. The van der Waals surface area contributed by atoms with E-state index in [0.717, 1.165) is 10.9 Å². The largest absolute Gasteiger partial charge is 0.486 e. The average molecular weight is 405 g/mol. The first-order valence-electron chi connectivity index (χ1n) is 9.71. The normalized spacial score (nSPS) is 17.5. The number of hydrogen-bond acceptors (Lipinski definition) is 7. The molecule has 0 amide bonds. The van der Waals surface area contributed by atoms with E-state index >= 15 is 0 Å². The van der Waals surface area contributed by atoms with Crippen molar-refractivity contribution >= 4 is 22.7 Å². The van der Waals surface area contributed by atoms with Crippen LogP contribution in [0.4, 0.5) is 0 Å². The molecule has 0 saturated carbocycles. The lowest BCUT2D eigenvalue weighted by molar-refractivity contribution is -0.142. The van der Waals surface area contributed by atoms with Crippen LogP contribution < -0.4 is 10.1 Å². The number of benzene rings is 1. The molecule has 7 heteroatoms. The summed E-state index contributed by atoms with van der Waals surface area (Å²) in [5.74, 6) is 0.127. The van der Waals surface area contributed by atoms with E-state index in [1.165, 1.54) is 14.0 Å². The Hall–Kier alpha value is -2.51. The molecule has 1 aliphatic heterocycles. The molecule has 1 aliphatic rings. The molecular formula is C22H32N2O5. The second-order valence-corrected chi connectivity index (χ2v) is 6.34. The molecular weight excluding hydrogens is 372 g/mol. The van der Waals surface area contributed by atoms with Crippen LogP contribution in [-0.4, -0.2) is 56.8 Å². The number of fused-ring (bicyclic) bond motifs is 1. The Morgan fingerprint density at radius 3 is 2.34 bits per heavy atom. The van der Waals surface area contributed by atoms with Gasteiger partial charge in [-0.1, -0.05) is 32.0 Å². The fourth-order valence-corrected chi connectivity index (χ4v) is 3.09. The first kappa shape index (κ1) is 24.5.